The molecule has 0 saturated heterocycles. The number of sulfonamides is 1. The van der Waals surface area contributed by atoms with Crippen molar-refractivity contribution >= 4 is 27.2 Å². The highest BCUT2D eigenvalue weighted by atomic mass is 32.2. The van der Waals surface area contributed by atoms with Crippen LogP contribution in [0.1, 0.15) is 40.5 Å². The lowest BCUT2D eigenvalue weighted by Gasteiger charge is -2.26. The van der Waals surface area contributed by atoms with Gasteiger partial charge in [-0.3, -0.25) is 0 Å². The van der Waals surface area contributed by atoms with E-state index in [9.17, 15) is 8.42 Å². The highest BCUT2D eigenvalue weighted by Gasteiger charge is 2.25. The zero-order valence-electron chi connectivity index (χ0n) is 11.4. The third kappa shape index (κ3) is 6.95. The van der Waals surface area contributed by atoms with Crippen molar-refractivity contribution in [2.24, 2.45) is 11.1 Å². The largest absolute Gasteiger partial charge is 0.393 e. The average Bonchev–Trinajstić information content (AvgIpc) is 2.11. The normalized spacial score (nSPS) is 14.9. The van der Waals surface area contributed by atoms with Crippen LogP contribution in [0.3, 0.4) is 0 Å². The van der Waals surface area contributed by atoms with E-state index in [0.717, 1.165) is 0 Å². The summed E-state index contributed by atoms with van der Waals surface area (Å²) in [6.45, 7) is 7.90. The Hall–Kier alpha value is -0.200. The summed E-state index contributed by atoms with van der Waals surface area (Å²) in [6, 6.07) is -0.183. The quantitative estimate of drug-likeness (QED) is 0.753. The van der Waals surface area contributed by atoms with Gasteiger partial charge in [-0.2, -0.15) is 0 Å². The van der Waals surface area contributed by atoms with Crippen LogP contribution >= 0.6 is 12.2 Å². The lowest BCUT2D eigenvalue weighted by atomic mass is 9.94. The molecule has 0 bridgehead atoms. The molecular weight excluding hydrogens is 256 g/mol. The van der Waals surface area contributed by atoms with Gasteiger partial charge in [0.15, 0.2) is 0 Å². The second-order valence-electron chi connectivity index (χ2n) is 5.66. The van der Waals surface area contributed by atoms with E-state index >= 15 is 0 Å². The Labute approximate surface area is 111 Å². The molecule has 4 nitrogen and oxygen atoms in total. The van der Waals surface area contributed by atoms with Crippen LogP contribution in [0.4, 0.5) is 0 Å². The van der Waals surface area contributed by atoms with Crippen LogP contribution in [0.25, 0.3) is 0 Å². The number of nitrogens with zero attached hydrogens (tertiary/aromatic N) is 1. The van der Waals surface area contributed by atoms with Crippen molar-refractivity contribution in [1.29, 1.82) is 0 Å². The Balaban J connectivity index is 4.55. The van der Waals surface area contributed by atoms with Gasteiger partial charge in [0.1, 0.15) is 0 Å². The second-order valence-corrected chi connectivity index (χ2v) is 8.33. The topological polar surface area (TPSA) is 63.4 Å². The van der Waals surface area contributed by atoms with Gasteiger partial charge in [0.25, 0.3) is 0 Å². The first-order chi connectivity index (χ1) is 7.46. The predicted octanol–water partition coefficient (Wildman–Crippen LogP) is 1.75. The third-order valence-corrected chi connectivity index (χ3v) is 4.79. The molecule has 0 aromatic rings. The van der Waals surface area contributed by atoms with E-state index in [1.54, 1.807) is 7.05 Å². The van der Waals surface area contributed by atoms with Crippen LogP contribution in [0.2, 0.25) is 0 Å². The molecule has 1 unspecified atom stereocenters. The van der Waals surface area contributed by atoms with Gasteiger partial charge < -0.3 is 5.73 Å². The fraction of sp³-hybridized carbons (Fsp3) is 0.909. The van der Waals surface area contributed by atoms with Gasteiger partial charge in [-0.15, -0.1) is 0 Å². The lowest BCUT2D eigenvalue weighted by Crippen LogP contribution is -2.39. The first-order valence-corrected chi connectivity index (χ1v) is 7.71. The van der Waals surface area contributed by atoms with Crippen molar-refractivity contribution < 1.29 is 8.42 Å². The molecule has 0 spiro atoms. The number of thiocarbonyl (C=S) groups is 1. The van der Waals surface area contributed by atoms with Gasteiger partial charge in [0.05, 0.1) is 10.7 Å². The standard InChI is InChI=1S/C11H24N2O2S2/c1-9(8-10(12)16)13(5)17(14,15)7-6-11(2,3)4/h9H,6-8H2,1-5H3,(H2,12,16). The van der Waals surface area contributed by atoms with Crippen LogP contribution in [-0.4, -0.2) is 36.6 Å². The molecule has 0 aliphatic rings. The minimum absolute atomic E-state index is 0.0142. The van der Waals surface area contributed by atoms with E-state index in [4.69, 9.17) is 18.0 Å². The van der Waals surface area contributed by atoms with Crippen LogP contribution < -0.4 is 5.73 Å². The Bertz CT molecular complexity index is 358. The molecule has 0 heterocycles. The molecule has 0 aliphatic carbocycles. The maximum Gasteiger partial charge on any atom is 0.214 e. The number of hydrogen-bond donors (Lipinski definition) is 1. The summed E-state index contributed by atoms with van der Waals surface area (Å²) < 4.78 is 25.5. The molecular formula is C11H24N2O2S2. The maximum absolute atomic E-state index is 12.0. The highest BCUT2D eigenvalue weighted by Crippen LogP contribution is 2.21. The second kappa shape index (κ2) is 6.11. The summed E-state index contributed by atoms with van der Waals surface area (Å²) in [6.07, 6.45) is 1.06. The molecule has 0 aromatic carbocycles. The molecule has 0 saturated carbocycles. The molecule has 0 amide bonds. The molecule has 0 radical (unpaired) electrons. The van der Waals surface area contributed by atoms with Gasteiger partial charge in [0, 0.05) is 19.5 Å². The number of rotatable bonds is 6. The van der Waals surface area contributed by atoms with E-state index < -0.39 is 10.0 Å². The van der Waals surface area contributed by atoms with E-state index in [2.05, 4.69) is 0 Å². The summed E-state index contributed by atoms with van der Waals surface area (Å²) in [5, 5.41) is 0. The van der Waals surface area contributed by atoms with Gasteiger partial charge in [0.2, 0.25) is 10.0 Å². The summed E-state index contributed by atoms with van der Waals surface area (Å²) in [7, 11) is -1.64. The molecule has 0 aromatic heterocycles. The molecule has 6 heteroatoms. The molecule has 0 fully saturated rings. The molecule has 17 heavy (non-hydrogen) atoms. The van der Waals surface area contributed by atoms with E-state index in [1.807, 2.05) is 27.7 Å². The maximum atomic E-state index is 12.0. The minimum atomic E-state index is -3.22. The Morgan fingerprint density at radius 1 is 1.41 bits per heavy atom. The fourth-order valence-electron chi connectivity index (χ4n) is 1.27. The summed E-state index contributed by atoms with van der Waals surface area (Å²) in [5.41, 5.74) is 5.44. The fourth-order valence-corrected chi connectivity index (χ4v) is 3.30. The predicted molar refractivity (Wildman–Crippen MR) is 76.5 cm³/mol. The smallest absolute Gasteiger partial charge is 0.214 e. The first kappa shape index (κ1) is 16.8. The molecule has 102 valence electrons. The van der Waals surface area contributed by atoms with Crippen molar-refractivity contribution in [2.45, 2.75) is 46.6 Å². The molecule has 0 aliphatic heterocycles. The number of hydrogen-bond acceptors (Lipinski definition) is 3. The molecule has 1 atom stereocenters. The van der Waals surface area contributed by atoms with Gasteiger partial charge in [-0.05, 0) is 18.8 Å². The highest BCUT2D eigenvalue weighted by molar-refractivity contribution is 7.89. The van der Waals surface area contributed by atoms with Crippen molar-refractivity contribution in [2.75, 3.05) is 12.8 Å². The van der Waals surface area contributed by atoms with Crippen molar-refractivity contribution in [3.8, 4) is 0 Å². The third-order valence-electron chi connectivity index (χ3n) is 2.67. The van der Waals surface area contributed by atoms with Crippen LogP contribution in [0.15, 0.2) is 0 Å². The Morgan fingerprint density at radius 2 is 1.88 bits per heavy atom. The molecule has 0 rings (SSSR count). The SMILES string of the molecule is CC(CC(N)=S)N(C)S(=O)(=O)CCC(C)(C)C. The van der Waals surface area contributed by atoms with E-state index in [1.165, 1.54) is 4.31 Å². The van der Waals surface area contributed by atoms with Gasteiger partial charge in [-0.25, -0.2) is 12.7 Å². The Kier molecular flexibility index (Phi) is 6.04. The van der Waals surface area contributed by atoms with Gasteiger partial charge in [-0.1, -0.05) is 33.0 Å². The number of nitrogens with two attached hydrogens (primary N) is 1. The lowest BCUT2D eigenvalue weighted by molar-refractivity contribution is 0.371. The zero-order valence-corrected chi connectivity index (χ0v) is 13.0. The Morgan fingerprint density at radius 3 is 2.24 bits per heavy atom. The molecule has 2 N–H and O–H groups in total. The van der Waals surface area contributed by atoms with Crippen LogP contribution in [0.5, 0.6) is 0 Å². The van der Waals surface area contributed by atoms with E-state index in [0.29, 0.717) is 17.8 Å². The van der Waals surface area contributed by atoms with Crippen LogP contribution in [0, 0.1) is 5.41 Å². The summed E-state index contributed by atoms with van der Waals surface area (Å²) in [4.78, 5) is 0.343. The zero-order chi connectivity index (χ0) is 13.9. The monoisotopic (exact) mass is 280 g/mol. The average molecular weight is 280 g/mol. The first-order valence-electron chi connectivity index (χ1n) is 5.70. The van der Waals surface area contributed by atoms with E-state index in [-0.39, 0.29) is 17.2 Å². The summed E-state index contributed by atoms with van der Waals surface area (Å²) in [5.74, 6) is 0.161. The van der Waals surface area contributed by atoms with Crippen molar-refractivity contribution in [1.82, 2.24) is 4.31 Å². The summed E-state index contributed by atoms with van der Waals surface area (Å²) >= 11 is 4.79. The van der Waals surface area contributed by atoms with Crippen molar-refractivity contribution in [3.05, 3.63) is 0 Å². The van der Waals surface area contributed by atoms with Crippen LogP contribution in [-0.2, 0) is 10.0 Å². The van der Waals surface area contributed by atoms with Crippen molar-refractivity contribution in [3.63, 3.8) is 0 Å². The van der Waals surface area contributed by atoms with Gasteiger partial charge >= 0.3 is 0 Å². The minimum Gasteiger partial charge on any atom is -0.393 e.